The Hall–Kier alpha value is -1.88. The molecule has 6 nitrogen and oxygen atoms in total. The molecule has 0 spiro atoms. The van der Waals surface area contributed by atoms with Crippen LogP contribution in [0, 0.1) is 11.3 Å². The molecule has 1 N–H and O–H groups in total. The van der Waals surface area contributed by atoms with Crippen LogP contribution in [-0.2, 0) is 10.0 Å². The van der Waals surface area contributed by atoms with Crippen molar-refractivity contribution in [3.63, 3.8) is 0 Å². The highest BCUT2D eigenvalue weighted by molar-refractivity contribution is 7.92. The fourth-order valence-corrected chi connectivity index (χ4v) is 2.98. The summed E-state index contributed by atoms with van der Waals surface area (Å²) in [4.78, 5) is 7.32. The summed E-state index contributed by atoms with van der Waals surface area (Å²) in [5.74, 6) is 0.00910. The van der Waals surface area contributed by atoms with Crippen LogP contribution >= 0.6 is 23.2 Å². The molecule has 2 aromatic rings. The molecule has 0 aliphatic heterocycles. The number of benzene rings is 1. The van der Waals surface area contributed by atoms with Gasteiger partial charge in [0.2, 0.25) is 0 Å². The first-order valence-corrected chi connectivity index (χ1v) is 7.36. The Labute approximate surface area is 125 Å². The van der Waals surface area contributed by atoms with E-state index in [-0.39, 0.29) is 26.5 Å². The Morgan fingerprint density at radius 2 is 1.95 bits per heavy atom. The van der Waals surface area contributed by atoms with Gasteiger partial charge in [-0.05, 0) is 18.2 Å². The highest BCUT2D eigenvalue weighted by atomic mass is 35.5. The van der Waals surface area contributed by atoms with Crippen LogP contribution in [0.4, 0.5) is 5.82 Å². The van der Waals surface area contributed by atoms with E-state index in [1.807, 2.05) is 6.07 Å². The molecule has 0 amide bonds. The molecule has 1 aromatic heterocycles. The normalized spacial score (nSPS) is 10.8. The molecule has 0 atom stereocenters. The van der Waals surface area contributed by atoms with E-state index < -0.39 is 10.0 Å². The number of anilines is 1. The first-order valence-electron chi connectivity index (χ1n) is 5.12. The third kappa shape index (κ3) is 3.17. The maximum absolute atomic E-state index is 12.1. The second-order valence-electron chi connectivity index (χ2n) is 3.59. The molecule has 20 heavy (non-hydrogen) atoms. The summed E-state index contributed by atoms with van der Waals surface area (Å²) in [7, 11) is -3.92. The summed E-state index contributed by atoms with van der Waals surface area (Å²) < 4.78 is 26.5. The standard InChI is InChI=1S/C11H6Cl2N4O2S/c12-8-3-7(4-14)1-2-9(8)20(18,19)17-11-6-15-10(13)5-16-11/h1-3,5-6H,(H,16,17). The van der Waals surface area contributed by atoms with Crippen LogP contribution < -0.4 is 4.72 Å². The third-order valence-corrected chi connectivity index (χ3v) is 4.24. The highest BCUT2D eigenvalue weighted by Gasteiger charge is 2.19. The Bertz CT molecular complexity index is 785. The van der Waals surface area contributed by atoms with Gasteiger partial charge in [0, 0.05) is 0 Å². The largest absolute Gasteiger partial charge is 0.264 e. The zero-order valence-corrected chi connectivity index (χ0v) is 12.0. The number of aromatic nitrogens is 2. The molecule has 0 aliphatic carbocycles. The fourth-order valence-electron chi connectivity index (χ4n) is 1.35. The van der Waals surface area contributed by atoms with Gasteiger partial charge < -0.3 is 0 Å². The van der Waals surface area contributed by atoms with E-state index in [1.165, 1.54) is 30.6 Å². The maximum Gasteiger partial charge on any atom is 0.264 e. The molecule has 0 aliphatic rings. The number of sulfonamides is 1. The quantitative estimate of drug-likeness (QED) is 0.933. The van der Waals surface area contributed by atoms with Gasteiger partial charge in [-0.3, -0.25) is 4.72 Å². The smallest absolute Gasteiger partial charge is 0.262 e. The predicted molar refractivity (Wildman–Crippen MR) is 74.0 cm³/mol. The number of halogens is 2. The lowest BCUT2D eigenvalue weighted by Gasteiger charge is -2.08. The maximum atomic E-state index is 12.1. The number of rotatable bonds is 3. The zero-order chi connectivity index (χ0) is 14.8. The van der Waals surface area contributed by atoms with Crippen molar-refractivity contribution in [2.45, 2.75) is 4.90 Å². The lowest BCUT2D eigenvalue weighted by Crippen LogP contribution is -2.14. The van der Waals surface area contributed by atoms with Crippen molar-refractivity contribution in [1.82, 2.24) is 9.97 Å². The van der Waals surface area contributed by atoms with Gasteiger partial charge in [0.15, 0.2) is 5.82 Å². The van der Waals surface area contributed by atoms with Gasteiger partial charge in [-0.15, -0.1) is 0 Å². The van der Waals surface area contributed by atoms with Crippen LogP contribution in [0.1, 0.15) is 5.56 Å². The Balaban J connectivity index is 2.36. The topological polar surface area (TPSA) is 95.7 Å². The third-order valence-electron chi connectivity index (χ3n) is 2.21. The molecule has 1 aromatic carbocycles. The average Bonchev–Trinajstić information content (AvgIpc) is 2.40. The van der Waals surface area contributed by atoms with Gasteiger partial charge in [0.1, 0.15) is 10.0 Å². The molecular formula is C11H6Cl2N4O2S. The highest BCUT2D eigenvalue weighted by Crippen LogP contribution is 2.24. The molecule has 0 saturated heterocycles. The molecule has 0 bridgehead atoms. The summed E-state index contributed by atoms with van der Waals surface area (Å²) >= 11 is 11.4. The Morgan fingerprint density at radius 1 is 1.20 bits per heavy atom. The van der Waals surface area contributed by atoms with Gasteiger partial charge in [-0.25, -0.2) is 18.4 Å². The molecule has 0 saturated carbocycles. The number of nitrogens with one attached hydrogen (secondary N) is 1. The summed E-state index contributed by atoms with van der Waals surface area (Å²) in [6, 6.07) is 5.73. The van der Waals surface area contributed by atoms with Crippen LogP contribution in [0.15, 0.2) is 35.5 Å². The van der Waals surface area contributed by atoms with Gasteiger partial charge in [0.05, 0.1) is 29.0 Å². The minimum atomic E-state index is -3.92. The summed E-state index contributed by atoms with van der Waals surface area (Å²) in [5.41, 5.74) is 0.264. The van der Waals surface area contributed by atoms with Crippen molar-refractivity contribution >= 4 is 39.0 Å². The van der Waals surface area contributed by atoms with Crippen molar-refractivity contribution < 1.29 is 8.42 Å². The summed E-state index contributed by atoms with van der Waals surface area (Å²) in [5, 5.41) is 8.80. The van der Waals surface area contributed by atoms with E-state index in [1.54, 1.807) is 0 Å². The summed E-state index contributed by atoms with van der Waals surface area (Å²) in [6.45, 7) is 0. The first-order chi connectivity index (χ1) is 9.42. The predicted octanol–water partition coefficient (Wildman–Crippen LogP) is 2.46. The van der Waals surface area contributed by atoms with Gasteiger partial charge in [0.25, 0.3) is 10.0 Å². The fraction of sp³-hybridized carbons (Fsp3) is 0. The van der Waals surface area contributed by atoms with E-state index in [0.29, 0.717) is 0 Å². The van der Waals surface area contributed by atoms with Crippen LogP contribution in [0.3, 0.4) is 0 Å². The van der Waals surface area contributed by atoms with Crippen molar-refractivity contribution in [3.8, 4) is 6.07 Å². The monoisotopic (exact) mass is 328 g/mol. The minimum absolute atomic E-state index is 0.00910. The van der Waals surface area contributed by atoms with E-state index in [2.05, 4.69) is 14.7 Å². The zero-order valence-electron chi connectivity index (χ0n) is 9.71. The van der Waals surface area contributed by atoms with Crippen LogP contribution in [0.2, 0.25) is 10.2 Å². The van der Waals surface area contributed by atoms with Crippen LogP contribution in [-0.4, -0.2) is 18.4 Å². The molecule has 9 heteroatoms. The second kappa shape index (κ2) is 5.63. The Kier molecular flexibility index (Phi) is 4.09. The van der Waals surface area contributed by atoms with Crippen molar-refractivity contribution in [1.29, 1.82) is 5.26 Å². The molecule has 1 heterocycles. The average molecular weight is 329 g/mol. The minimum Gasteiger partial charge on any atom is -0.262 e. The molecule has 102 valence electrons. The first kappa shape index (κ1) is 14.5. The van der Waals surface area contributed by atoms with Gasteiger partial charge >= 0.3 is 0 Å². The number of nitrogens with zero attached hydrogens (tertiary/aromatic N) is 3. The van der Waals surface area contributed by atoms with Gasteiger partial charge in [-0.2, -0.15) is 5.26 Å². The lowest BCUT2D eigenvalue weighted by molar-refractivity contribution is 0.601. The number of nitriles is 1. The molecular weight excluding hydrogens is 323 g/mol. The van der Waals surface area contributed by atoms with E-state index in [4.69, 9.17) is 28.5 Å². The second-order valence-corrected chi connectivity index (χ2v) is 6.03. The molecule has 0 unspecified atom stereocenters. The van der Waals surface area contributed by atoms with Gasteiger partial charge in [-0.1, -0.05) is 23.2 Å². The Morgan fingerprint density at radius 3 is 2.50 bits per heavy atom. The van der Waals surface area contributed by atoms with Crippen molar-refractivity contribution in [3.05, 3.63) is 46.3 Å². The van der Waals surface area contributed by atoms with E-state index in [0.717, 1.165) is 0 Å². The molecule has 0 radical (unpaired) electrons. The SMILES string of the molecule is N#Cc1ccc(S(=O)(=O)Nc2cnc(Cl)cn2)c(Cl)c1. The van der Waals surface area contributed by atoms with E-state index >= 15 is 0 Å². The number of hydrogen-bond donors (Lipinski definition) is 1. The number of hydrogen-bond acceptors (Lipinski definition) is 5. The molecule has 0 fully saturated rings. The molecule has 2 rings (SSSR count). The van der Waals surface area contributed by atoms with Crippen molar-refractivity contribution in [2.24, 2.45) is 0 Å². The summed E-state index contributed by atoms with van der Waals surface area (Å²) in [6.07, 6.45) is 2.39. The lowest BCUT2D eigenvalue weighted by atomic mass is 10.2. The van der Waals surface area contributed by atoms with Crippen LogP contribution in [0.25, 0.3) is 0 Å². The van der Waals surface area contributed by atoms with E-state index in [9.17, 15) is 8.42 Å². The van der Waals surface area contributed by atoms with Crippen LogP contribution in [0.5, 0.6) is 0 Å². The van der Waals surface area contributed by atoms with Crippen molar-refractivity contribution in [2.75, 3.05) is 4.72 Å².